The van der Waals surface area contributed by atoms with E-state index < -0.39 is 34.1 Å². The molecule has 0 saturated carbocycles. The van der Waals surface area contributed by atoms with Crippen LogP contribution in [0.3, 0.4) is 0 Å². The monoisotopic (exact) mass is 337 g/mol. The van der Waals surface area contributed by atoms with Crippen LogP contribution >= 0.6 is 0 Å². The van der Waals surface area contributed by atoms with Gasteiger partial charge in [0.15, 0.2) is 11.5 Å². The van der Waals surface area contributed by atoms with Gasteiger partial charge in [0.25, 0.3) is 0 Å². The third kappa shape index (κ3) is 2.96. The predicted octanol–water partition coefficient (Wildman–Crippen LogP) is 1.66. The van der Waals surface area contributed by atoms with Gasteiger partial charge in [0.2, 0.25) is 5.91 Å². The summed E-state index contributed by atoms with van der Waals surface area (Å²) in [7, 11) is -4.68. The second-order valence-corrected chi connectivity index (χ2v) is 6.49. The number of rotatable bonds is 3. The Kier molecular flexibility index (Phi) is 3.24. The predicted molar refractivity (Wildman–Crippen MR) is 68.0 cm³/mol. The molecule has 0 spiro atoms. The molecule has 1 aromatic rings. The SMILES string of the molecule is O=C1CC(CS(=O)(=O)F)CN1c1ccc2c(c1)OC(F)(F)O2. The van der Waals surface area contributed by atoms with Gasteiger partial charge >= 0.3 is 16.5 Å². The normalized spacial score (nSPS) is 23.1. The number of fused-ring (bicyclic) bond motifs is 1. The minimum absolute atomic E-state index is 0.0159. The van der Waals surface area contributed by atoms with Gasteiger partial charge < -0.3 is 14.4 Å². The van der Waals surface area contributed by atoms with Gasteiger partial charge in [-0.3, -0.25) is 4.79 Å². The highest BCUT2D eigenvalue weighted by Crippen LogP contribution is 2.43. The fourth-order valence-electron chi connectivity index (χ4n) is 2.53. The number of carbonyl (C=O) groups excluding carboxylic acids is 1. The van der Waals surface area contributed by atoms with Crippen molar-refractivity contribution in [3.8, 4) is 11.5 Å². The third-order valence-corrected chi connectivity index (χ3v) is 4.21. The number of ether oxygens (including phenoxy) is 2. The van der Waals surface area contributed by atoms with Crippen LogP contribution in [0.5, 0.6) is 11.5 Å². The number of carbonyl (C=O) groups is 1. The Hall–Kier alpha value is -1.97. The van der Waals surface area contributed by atoms with Gasteiger partial charge in [0, 0.05) is 30.6 Å². The number of anilines is 1. The van der Waals surface area contributed by atoms with Crippen LogP contribution in [0.15, 0.2) is 18.2 Å². The molecule has 1 amide bonds. The Morgan fingerprint density at radius 1 is 1.27 bits per heavy atom. The lowest BCUT2D eigenvalue weighted by Gasteiger charge is -2.16. The standard InChI is InChI=1S/C12H10F3NO5S/c13-12(14)20-9-2-1-8(4-10(9)21-12)16-5-7(3-11(16)17)6-22(15,18)19/h1-2,4,7H,3,5-6H2. The lowest BCUT2D eigenvalue weighted by Crippen LogP contribution is -2.26. The lowest BCUT2D eigenvalue weighted by molar-refractivity contribution is -0.286. The van der Waals surface area contributed by atoms with Crippen LogP contribution in [0, 0.1) is 5.92 Å². The van der Waals surface area contributed by atoms with Gasteiger partial charge in [-0.2, -0.15) is 8.42 Å². The summed E-state index contributed by atoms with van der Waals surface area (Å²) < 4.78 is 68.4. The van der Waals surface area contributed by atoms with E-state index in [0.29, 0.717) is 0 Å². The quantitative estimate of drug-likeness (QED) is 0.785. The van der Waals surface area contributed by atoms with Gasteiger partial charge in [-0.15, -0.1) is 12.7 Å². The summed E-state index contributed by atoms with van der Waals surface area (Å²) >= 11 is 0. The Balaban J connectivity index is 1.80. The fraction of sp³-hybridized carbons (Fsp3) is 0.417. The molecule has 1 aromatic carbocycles. The lowest BCUT2D eigenvalue weighted by atomic mass is 10.1. The molecule has 10 heteroatoms. The number of alkyl halides is 2. The van der Waals surface area contributed by atoms with Crippen LogP contribution < -0.4 is 14.4 Å². The molecule has 2 heterocycles. The van der Waals surface area contributed by atoms with Crippen molar-refractivity contribution in [2.45, 2.75) is 12.7 Å². The van der Waals surface area contributed by atoms with E-state index in [9.17, 15) is 25.9 Å². The van der Waals surface area contributed by atoms with Crippen molar-refractivity contribution < 1.29 is 35.4 Å². The summed E-state index contributed by atoms with van der Waals surface area (Å²) in [6.45, 7) is -0.0159. The molecule has 6 nitrogen and oxygen atoms in total. The van der Waals surface area contributed by atoms with E-state index >= 15 is 0 Å². The highest BCUT2D eigenvalue weighted by Gasteiger charge is 2.44. The summed E-state index contributed by atoms with van der Waals surface area (Å²) in [5, 5.41) is 0. The van der Waals surface area contributed by atoms with E-state index in [1.54, 1.807) is 0 Å². The maximum atomic E-state index is 12.9. The fourth-order valence-corrected chi connectivity index (χ4v) is 3.32. The summed E-state index contributed by atoms with van der Waals surface area (Å²) in [5.74, 6) is -2.24. The van der Waals surface area contributed by atoms with E-state index in [1.807, 2.05) is 0 Å². The van der Waals surface area contributed by atoms with Gasteiger partial charge in [-0.25, -0.2) is 0 Å². The van der Waals surface area contributed by atoms with E-state index in [1.165, 1.54) is 23.1 Å². The average molecular weight is 337 g/mol. The topological polar surface area (TPSA) is 72.9 Å². The zero-order chi connectivity index (χ0) is 16.1. The second-order valence-electron chi connectivity index (χ2n) is 5.08. The molecule has 1 fully saturated rings. The Morgan fingerprint density at radius 2 is 1.95 bits per heavy atom. The number of benzene rings is 1. The number of nitrogens with zero attached hydrogens (tertiary/aromatic N) is 1. The van der Waals surface area contributed by atoms with Crippen molar-refractivity contribution in [3.63, 3.8) is 0 Å². The maximum Gasteiger partial charge on any atom is 0.586 e. The first-order valence-corrected chi connectivity index (χ1v) is 7.81. The van der Waals surface area contributed by atoms with Crippen molar-refractivity contribution in [3.05, 3.63) is 18.2 Å². The zero-order valence-electron chi connectivity index (χ0n) is 11.0. The largest absolute Gasteiger partial charge is 0.586 e. The summed E-state index contributed by atoms with van der Waals surface area (Å²) in [6.07, 6.45) is -3.89. The maximum absolute atomic E-state index is 12.9. The van der Waals surface area contributed by atoms with E-state index in [2.05, 4.69) is 9.47 Å². The highest BCUT2D eigenvalue weighted by atomic mass is 32.3. The number of hydrogen-bond acceptors (Lipinski definition) is 5. The van der Waals surface area contributed by atoms with Crippen LogP contribution in [0.4, 0.5) is 18.4 Å². The molecule has 1 saturated heterocycles. The molecule has 1 unspecified atom stereocenters. The van der Waals surface area contributed by atoms with Gasteiger partial charge in [0.05, 0.1) is 5.75 Å². The minimum Gasteiger partial charge on any atom is -0.395 e. The van der Waals surface area contributed by atoms with Crippen LogP contribution in [-0.4, -0.2) is 32.9 Å². The summed E-state index contributed by atoms with van der Waals surface area (Å²) in [5.41, 5.74) is 0.254. The van der Waals surface area contributed by atoms with Gasteiger partial charge in [-0.05, 0) is 12.1 Å². The number of amides is 1. The first-order chi connectivity index (χ1) is 10.1. The molecular formula is C12H10F3NO5S. The third-order valence-electron chi connectivity index (χ3n) is 3.34. The smallest absolute Gasteiger partial charge is 0.395 e. The molecule has 22 heavy (non-hydrogen) atoms. The van der Waals surface area contributed by atoms with Crippen molar-refractivity contribution in [2.24, 2.45) is 5.92 Å². The molecule has 120 valence electrons. The van der Waals surface area contributed by atoms with E-state index in [-0.39, 0.29) is 30.2 Å². The Morgan fingerprint density at radius 3 is 2.64 bits per heavy atom. The molecular weight excluding hydrogens is 327 g/mol. The Labute approximate surface area is 123 Å². The summed E-state index contributed by atoms with van der Waals surface area (Å²) in [4.78, 5) is 13.1. The van der Waals surface area contributed by atoms with Crippen molar-refractivity contribution in [1.29, 1.82) is 0 Å². The Bertz CT molecular complexity index is 736. The molecule has 0 radical (unpaired) electrons. The van der Waals surface area contributed by atoms with E-state index in [4.69, 9.17) is 0 Å². The number of hydrogen-bond donors (Lipinski definition) is 0. The van der Waals surface area contributed by atoms with Crippen LogP contribution in [0.25, 0.3) is 0 Å². The van der Waals surface area contributed by atoms with Gasteiger partial charge in [-0.1, -0.05) is 0 Å². The zero-order valence-corrected chi connectivity index (χ0v) is 11.8. The second kappa shape index (κ2) is 4.77. The molecule has 0 aromatic heterocycles. The number of halogens is 3. The van der Waals surface area contributed by atoms with Crippen LogP contribution in [0.1, 0.15) is 6.42 Å². The minimum atomic E-state index is -4.68. The molecule has 2 aliphatic rings. The molecule has 0 bridgehead atoms. The van der Waals surface area contributed by atoms with E-state index in [0.717, 1.165) is 0 Å². The van der Waals surface area contributed by atoms with Crippen molar-refractivity contribution in [2.75, 3.05) is 17.2 Å². The first-order valence-electron chi connectivity index (χ1n) is 6.25. The first kappa shape index (κ1) is 14.9. The van der Waals surface area contributed by atoms with Crippen molar-refractivity contribution >= 4 is 21.8 Å². The molecule has 0 aliphatic carbocycles. The molecule has 1 atom stereocenters. The highest BCUT2D eigenvalue weighted by molar-refractivity contribution is 7.86. The molecule has 0 N–H and O–H groups in total. The summed E-state index contributed by atoms with van der Waals surface area (Å²) in [6, 6.07) is 3.78. The van der Waals surface area contributed by atoms with Crippen LogP contribution in [0.2, 0.25) is 0 Å². The van der Waals surface area contributed by atoms with Crippen LogP contribution in [-0.2, 0) is 15.0 Å². The molecule has 3 rings (SSSR count). The average Bonchev–Trinajstić information content (AvgIpc) is 2.84. The van der Waals surface area contributed by atoms with Crippen molar-refractivity contribution in [1.82, 2.24) is 0 Å². The molecule has 2 aliphatic heterocycles. The van der Waals surface area contributed by atoms with Gasteiger partial charge in [0.1, 0.15) is 0 Å².